The fourth-order valence-electron chi connectivity index (χ4n) is 4.87. The summed E-state index contributed by atoms with van der Waals surface area (Å²) in [5.74, 6) is 0.515. The van der Waals surface area contributed by atoms with E-state index in [2.05, 4.69) is 5.10 Å². The third kappa shape index (κ3) is 3.84. The average Bonchev–Trinajstić information content (AvgIpc) is 3.26. The number of rotatable bonds is 5. The van der Waals surface area contributed by atoms with Crippen molar-refractivity contribution in [3.05, 3.63) is 88.7 Å². The van der Waals surface area contributed by atoms with Crippen molar-refractivity contribution in [1.82, 2.24) is 9.78 Å². The molecule has 35 heavy (non-hydrogen) atoms. The van der Waals surface area contributed by atoms with Crippen molar-refractivity contribution in [2.75, 3.05) is 6.61 Å². The van der Waals surface area contributed by atoms with Gasteiger partial charge in [-0.1, -0.05) is 60.7 Å². The number of fused-ring (bicyclic) bond motifs is 3. The van der Waals surface area contributed by atoms with E-state index in [1.165, 1.54) is 0 Å². The normalized spacial score (nSPS) is 14.6. The second-order valence-corrected chi connectivity index (χ2v) is 9.08. The monoisotopic (exact) mass is 487 g/mol. The molecule has 3 aromatic carbocycles. The molecule has 0 amide bonds. The third-order valence-electron chi connectivity index (χ3n) is 6.94. The van der Waals surface area contributed by atoms with Crippen LogP contribution in [0.25, 0.3) is 44.3 Å². The van der Waals surface area contributed by atoms with Gasteiger partial charge in [0.05, 0.1) is 24.1 Å². The quantitative estimate of drug-likeness (QED) is 0.354. The first kappa shape index (κ1) is 23.3. The highest BCUT2D eigenvalue weighted by atomic mass is 35.5. The highest BCUT2D eigenvalue weighted by Gasteiger charge is 2.34. The third-order valence-corrected chi connectivity index (χ3v) is 6.94. The van der Waals surface area contributed by atoms with E-state index in [1.54, 1.807) is 10.7 Å². The smallest absolute Gasteiger partial charge is 0.201 e. The molecule has 178 valence electrons. The molecule has 1 aliphatic carbocycles. The molecule has 2 aromatic heterocycles. The summed E-state index contributed by atoms with van der Waals surface area (Å²) in [6.45, 7) is 0.356. The van der Waals surface area contributed by atoms with Gasteiger partial charge < -0.3 is 15.3 Å². The van der Waals surface area contributed by atoms with Gasteiger partial charge in [0.2, 0.25) is 5.43 Å². The summed E-state index contributed by atoms with van der Waals surface area (Å²) >= 11 is 0. The predicted octanol–water partition coefficient (Wildman–Crippen LogP) is 5.23. The number of halogens is 1. The lowest BCUT2D eigenvalue weighted by molar-refractivity contribution is 0.253. The molecule has 6 rings (SSSR count). The van der Waals surface area contributed by atoms with Crippen LogP contribution in [-0.2, 0) is 12.1 Å². The van der Waals surface area contributed by atoms with Crippen LogP contribution in [0.15, 0.2) is 82.1 Å². The molecule has 0 saturated heterocycles. The minimum Gasteiger partial charge on any atom is -0.453 e. The van der Waals surface area contributed by atoms with Gasteiger partial charge in [-0.2, -0.15) is 5.10 Å². The van der Waals surface area contributed by atoms with Gasteiger partial charge in [0.1, 0.15) is 11.3 Å². The van der Waals surface area contributed by atoms with Crippen molar-refractivity contribution in [2.24, 2.45) is 5.73 Å². The molecule has 3 N–H and O–H groups in total. The Morgan fingerprint density at radius 2 is 1.74 bits per heavy atom. The first-order valence-corrected chi connectivity index (χ1v) is 11.6. The Bertz CT molecular complexity index is 1570. The summed E-state index contributed by atoms with van der Waals surface area (Å²) in [6, 6.07) is 21.4. The Balaban J connectivity index is 0.00000253. The first-order chi connectivity index (χ1) is 16.6. The molecule has 0 radical (unpaired) electrons. The van der Waals surface area contributed by atoms with Gasteiger partial charge in [-0.15, -0.1) is 12.4 Å². The average molecular weight is 488 g/mol. The molecule has 0 aliphatic heterocycles. The minimum absolute atomic E-state index is 0. The Hall–Kier alpha value is -3.45. The molecule has 1 aliphatic rings. The first-order valence-electron chi connectivity index (χ1n) is 11.6. The zero-order valence-corrected chi connectivity index (χ0v) is 19.9. The molecule has 5 aromatic rings. The fourth-order valence-corrected chi connectivity index (χ4v) is 4.87. The Kier molecular flexibility index (Phi) is 5.97. The highest BCUT2D eigenvalue weighted by Crippen LogP contribution is 2.40. The van der Waals surface area contributed by atoms with E-state index in [1.807, 2.05) is 66.9 Å². The van der Waals surface area contributed by atoms with E-state index in [-0.39, 0.29) is 30.0 Å². The number of nitrogens with zero attached hydrogens (tertiary/aromatic N) is 2. The number of aliphatic hydroxyl groups excluding tert-OH is 1. The van der Waals surface area contributed by atoms with Crippen LogP contribution >= 0.6 is 12.4 Å². The molecule has 1 saturated carbocycles. The van der Waals surface area contributed by atoms with Crippen molar-refractivity contribution in [3.8, 4) is 22.5 Å². The van der Waals surface area contributed by atoms with Gasteiger partial charge >= 0.3 is 0 Å². The second kappa shape index (κ2) is 8.96. The van der Waals surface area contributed by atoms with Crippen molar-refractivity contribution >= 4 is 34.3 Å². The largest absolute Gasteiger partial charge is 0.453 e. The maximum Gasteiger partial charge on any atom is 0.201 e. The van der Waals surface area contributed by atoms with Gasteiger partial charge in [0.25, 0.3) is 0 Å². The highest BCUT2D eigenvalue weighted by molar-refractivity contribution is 6.03. The lowest BCUT2D eigenvalue weighted by Crippen LogP contribution is -2.43. The predicted molar refractivity (Wildman–Crippen MR) is 141 cm³/mol. The molecular weight excluding hydrogens is 462 g/mol. The number of hydrogen-bond donors (Lipinski definition) is 2. The zero-order chi connectivity index (χ0) is 23.3. The van der Waals surface area contributed by atoms with Crippen LogP contribution in [0.4, 0.5) is 0 Å². The molecule has 2 heterocycles. The van der Waals surface area contributed by atoms with Crippen molar-refractivity contribution in [1.29, 1.82) is 0 Å². The molecule has 0 atom stereocenters. The SMILES string of the molecule is Cl.NC1(c2ccc(-c3c(-c4ccccc4)oc4c(ccc5cn(CCO)nc54)c3=O)cc2)CCC1. The van der Waals surface area contributed by atoms with E-state index >= 15 is 0 Å². The molecular formula is C28H26ClN3O3. The Morgan fingerprint density at radius 1 is 1.00 bits per heavy atom. The lowest BCUT2D eigenvalue weighted by Gasteiger charge is -2.38. The maximum absolute atomic E-state index is 13.9. The summed E-state index contributed by atoms with van der Waals surface area (Å²) in [7, 11) is 0. The summed E-state index contributed by atoms with van der Waals surface area (Å²) < 4.78 is 8.15. The number of aliphatic hydroxyl groups is 1. The minimum atomic E-state index is -0.256. The Morgan fingerprint density at radius 3 is 2.40 bits per heavy atom. The van der Waals surface area contributed by atoms with E-state index in [0.717, 1.165) is 41.3 Å². The maximum atomic E-state index is 13.9. The van der Waals surface area contributed by atoms with Gasteiger partial charge in [0, 0.05) is 22.7 Å². The van der Waals surface area contributed by atoms with Crippen molar-refractivity contribution in [2.45, 2.75) is 31.3 Å². The van der Waals surface area contributed by atoms with Crippen LogP contribution in [0.2, 0.25) is 0 Å². The van der Waals surface area contributed by atoms with Gasteiger partial charge in [-0.25, -0.2) is 0 Å². The molecule has 0 spiro atoms. The molecule has 1 fully saturated rings. The van der Waals surface area contributed by atoms with Crippen LogP contribution in [-0.4, -0.2) is 21.5 Å². The zero-order valence-electron chi connectivity index (χ0n) is 19.1. The van der Waals surface area contributed by atoms with E-state index < -0.39 is 0 Å². The molecule has 6 nitrogen and oxygen atoms in total. The van der Waals surface area contributed by atoms with Gasteiger partial charge in [-0.3, -0.25) is 9.48 Å². The lowest BCUT2D eigenvalue weighted by atomic mass is 9.72. The molecule has 7 heteroatoms. The summed E-state index contributed by atoms with van der Waals surface area (Å²) in [5.41, 5.74) is 10.5. The number of hydrogen-bond acceptors (Lipinski definition) is 5. The van der Waals surface area contributed by atoms with Crippen molar-refractivity contribution in [3.63, 3.8) is 0 Å². The summed E-state index contributed by atoms with van der Waals surface area (Å²) in [6.07, 6.45) is 4.97. The number of nitrogens with two attached hydrogens (primary N) is 1. The summed E-state index contributed by atoms with van der Waals surface area (Å²) in [5, 5.41) is 15.2. The van der Waals surface area contributed by atoms with E-state index in [4.69, 9.17) is 10.2 Å². The standard InChI is InChI=1S/C28H25N3O3.ClH/c29-28(13-4-14-28)21-10-7-18(8-11-21)23-25(33)22-12-9-20-17-31(15-16-32)30-24(20)27(22)34-26(23)19-5-2-1-3-6-19;/h1-3,5-12,17,32H,4,13-16,29H2;1H. The van der Waals surface area contributed by atoms with E-state index in [0.29, 0.717) is 34.4 Å². The fraction of sp³-hybridized carbons (Fsp3) is 0.214. The Labute approximate surface area is 208 Å². The van der Waals surface area contributed by atoms with Crippen molar-refractivity contribution < 1.29 is 9.52 Å². The van der Waals surface area contributed by atoms with Gasteiger partial charge in [-0.05, 0) is 36.5 Å². The second-order valence-electron chi connectivity index (χ2n) is 9.08. The van der Waals surface area contributed by atoms with Gasteiger partial charge in [0.15, 0.2) is 5.58 Å². The van der Waals surface area contributed by atoms with Crippen LogP contribution in [0.1, 0.15) is 24.8 Å². The van der Waals surface area contributed by atoms with Crippen LogP contribution in [0.5, 0.6) is 0 Å². The van der Waals surface area contributed by atoms with E-state index in [9.17, 15) is 9.90 Å². The molecule has 0 unspecified atom stereocenters. The topological polar surface area (TPSA) is 94.3 Å². The summed E-state index contributed by atoms with van der Waals surface area (Å²) in [4.78, 5) is 13.9. The van der Waals surface area contributed by atoms with Crippen LogP contribution in [0, 0.1) is 0 Å². The van der Waals surface area contributed by atoms with Crippen LogP contribution in [0.3, 0.4) is 0 Å². The number of aromatic nitrogens is 2. The number of benzene rings is 3. The molecule has 0 bridgehead atoms. The van der Waals surface area contributed by atoms with Crippen LogP contribution < -0.4 is 11.2 Å².